The molecule has 2 N–H and O–H groups in total. The molecule has 0 radical (unpaired) electrons. The van der Waals surface area contributed by atoms with E-state index in [4.69, 9.17) is 11.6 Å². The van der Waals surface area contributed by atoms with Gasteiger partial charge >= 0.3 is 0 Å². The maximum atomic E-state index is 12.1. The van der Waals surface area contributed by atoms with Crippen molar-refractivity contribution in [2.45, 2.75) is 4.90 Å². The molecule has 7 heteroatoms. The molecule has 19 heavy (non-hydrogen) atoms. The van der Waals surface area contributed by atoms with E-state index in [0.717, 1.165) is 3.57 Å². The van der Waals surface area contributed by atoms with E-state index < -0.39 is 10.0 Å². The summed E-state index contributed by atoms with van der Waals surface area (Å²) in [6.45, 7) is 0. The zero-order valence-electron chi connectivity index (χ0n) is 9.47. The van der Waals surface area contributed by atoms with Crippen LogP contribution in [0.3, 0.4) is 0 Å². The van der Waals surface area contributed by atoms with Crippen LogP contribution in [0.4, 0.5) is 5.69 Å². The van der Waals surface area contributed by atoms with Crippen LogP contribution >= 0.6 is 34.2 Å². The van der Waals surface area contributed by atoms with Crippen molar-refractivity contribution in [2.75, 3.05) is 4.72 Å². The summed E-state index contributed by atoms with van der Waals surface area (Å²) in [5.74, 6) is -0.182. The molecule has 0 aliphatic heterocycles. The SMILES string of the molecule is O=S(=O)(Nc1cc(Cl)ccc1O)c1ccc(I)cc1. The molecule has 0 heterocycles. The topological polar surface area (TPSA) is 66.4 Å². The minimum absolute atomic E-state index is 0.0473. The molecule has 2 aromatic rings. The van der Waals surface area contributed by atoms with Crippen LogP contribution in [0, 0.1) is 3.57 Å². The second-order valence-corrected chi connectivity index (χ2v) is 7.09. The molecule has 4 nitrogen and oxygen atoms in total. The number of halogens is 2. The van der Waals surface area contributed by atoms with Crippen LogP contribution in [-0.2, 0) is 10.0 Å². The van der Waals surface area contributed by atoms with Crippen LogP contribution in [0.15, 0.2) is 47.4 Å². The Morgan fingerprint density at radius 1 is 1.11 bits per heavy atom. The number of hydrogen-bond acceptors (Lipinski definition) is 3. The van der Waals surface area contributed by atoms with Gasteiger partial charge in [0, 0.05) is 8.59 Å². The van der Waals surface area contributed by atoms with Gasteiger partial charge in [-0.2, -0.15) is 0 Å². The van der Waals surface area contributed by atoms with Gasteiger partial charge in [-0.1, -0.05) is 11.6 Å². The van der Waals surface area contributed by atoms with Gasteiger partial charge in [0.05, 0.1) is 10.6 Å². The first-order valence-corrected chi connectivity index (χ1v) is 8.09. The van der Waals surface area contributed by atoms with Crippen molar-refractivity contribution >= 4 is 49.9 Å². The first kappa shape index (κ1) is 14.4. The fourth-order valence-electron chi connectivity index (χ4n) is 1.41. The Morgan fingerprint density at radius 3 is 2.37 bits per heavy atom. The fourth-order valence-corrected chi connectivity index (χ4v) is 3.00. The van der Waals surface area contributed by atoms with Gasteiger partial charge < -0.3 is 5.11 Å². The average molecular weight is 410 g/mol. The summed E-state index contributed by atoms with van der Waals surface area (Å²) in [6, 6.07) is 10.5. The fraction of sp³-hybridized carbons (Fsp3) is 0. The highest BCUT2D eigenvalue weighted by Gasteiger charge is 2.16. The molecule has 0 spiro atoms. The van der Waals surface area contributed by atoms with Gasteiger partial charge in [0.1, 0.15) is 5.75 Å². The molecule has 0 aromatic heterocycles. The molecule has 0 saturated carbocycles. The minimum atomic E-state index is -3.74. The lowest BCUT2D eigenvalue weighted by Gasteiger charge is -2.10. The minimum Gasteiger partial charge on any atom is -0.506 e. The first-order valence-electron chi connectivity index (χ1n) is 5.15. The zero-order chi connectivity index (χ0) is 14.0. The lowest BCUT2D eigenvalue weighted by Crippen LogP contribution is -2.13. The van der Waals surface area contributed by atoms with Crippen molar-refractivity contribution in [1.29, 1.82) is 0 Å². The van der Waals surface area contributed by atoms with Crippen LogP contribution in [0.1, 0.15) is 0 Å². The Hall–Kier alpha value is -0.990. The third-order valence-electron chi connectivity index (χ3n) is 2.33. The monoisotopic (exact) mass is 409 g/mol. The predicted molar refractivity (Wildman–Crippen MR) is 83.1 cm³/mol. The van der Waals surface area contributed by atoms with Crippen molar-refractivity contribution in [3.05, 3.63) is 51.1 Å². The molecule has 2 rings (SSSR count). The molecule has 2 aromatic carbocycles. The predicted octanol–water partition coefficient (Wildman–Crippen LogP) is 3.45. The second kappa shape index (κ2) is 5.56. The molecule has 100 valence electrons. The standard InChI is InChI=1S/C12H9ClINO3S/c13-8-1-6-12(16)11(7-8)15-19(17,18)10-4-2-9(14)3-5-10/h1-7,15-16H. The van der Waals surface area contributed by atoms with E-state index >= 15 is 0 Å². The first-order chi connectivity index (χ1) is 8.88. The Labute approximate surface area is 129 Å². The van der Waals surface area contributed by atoms with Crippen LogP contribution in [0.5, 0.6) is 5.75 Å². The van der Waals surface area contributed by atoms with Gasteiger partial charge in [-0.05, 0) is 65.1 Å². The van der Waals surface area contributed by atoms with E-state index in [1.165, 1.54) is 30.3 Å². The lowest BCUT2D eigenvalue weighted by atomic mass is 10.3. The highest BCUT2D eigenvalue weighted by molar-refractivity contribution is 14.1. The van der Waals surface area contributed by atoms with E-state index in [1.54, 1.807) is 12.1 Å². The highest BCUT2D eigenvalue weighted by Crippen LogP contribution is 2.28. The number of phenolic OH excluding ortho intramolecular Hbond substituents is 1. The Bertz CT molecular complexity index is 701. The van der Waals surface area contributed by atoms with Crippen LogP contribution in [-0.4, -0.2) is 13.5 Å². The zero-order valence-corrected chi connectivity index (χ0v) is 13.2. The molecule has 0 aliphatic carbocycles. The van der Waals surface area contributed by atoms with Crippen molar-refractivity contribution < 1.29 is 13.5 Å². The molecule has 0 atom stereocenters. The number of benzene rings is 2. The summed E-state index contributed by atoms with van der Waals surface area (Å²) < 4.78 is 27.4. The third-order valence-corrected chi connectivity index (χ3v) is 4.66. The van der Waals surface area contributed by atoms with Crippen LogP contribution in [0.2, 0.25) is 5.02 Å². The van der Waals surface area contributed by atoms with E-state index in [1.807, 2.05) is 0 Å². The van der Waals surface area contributed by atoms with Crippen molar-refractivity contribution in [1.82, 2.24) is 0 Å². The third kappa shape index (κ3) is 3.52. The number of hydrogen-bond donors (Lipinski definition) is 2. The van der Waals surface area contributed by atoms with Gasteiger partial charge in [0.25, 0.3) is 10.0 Å². The number of rotatable bonds is 3. The molecule has 0 saturated heterocycles. The molecule has 0 aliphatic rings. The van der Waals surface area contributed by atoms with Gasteiger partial charge in [-0.15, -0.1) is 0 Å². The van der Waals surface area contributed by atoms with Crippen LogP contribution in [0.25, 0.3) is 0 Å². The number of phenols is 1. The van der Waals surface area contributed by atoms with E-state index in [-0.39, 0.29) is 16.3 Å². The summed E-state index contributed by atoms with van der Waals surface area (Å²) in [7, 11) is -3.74. The van der Waals surface area contributed by atoms with E-state index in [9.17, 15) is 13.5 Å². The quantitative estimate of drug-likeness (QED) is 0.603. The summed E-state index contributed by atoms with van der Waals surface area (Å²) in [5.41, 5.74) is 0.0473. The average Bonchev–Trinajstić information content (AvgIpc) is 2.34. The van der Waals surface area contributed by atoms with E-state index in [0.29, 0.717) is 5.02 Å². The van der Waals surface area contributed by atoms with Crippen molar-refractivity contribution in [3.63, 3.8) is 0 Å². The molecule has 0 unspecified atom stereocenters. The lowest BCUT2D eigenvalue weighted by molar-refractivity contribution is 0.477. The Morgan fingerprint density at radius 2 is 1.74 bits per heavy atom. The summed E-state index contributed by atoms with van der Waals surface area (Å²) in [6.07, 6.45) is 0. The molecule has 0 fully saturated rings. The van der Waals surface area contributed by atoms with Crippen molar-refractivity contribution in [2.24, 2.45) is 0 Å². The summed E-state index contributed by atoms with van der Waals surface area (Å²) in [5, 5.41) is 9.93. The summed E-state index contributed by atoms with van der Waals surface area (Å²) >= 11 is 7.85. The molecule has 0 amide bonds. The molecular weight excluding hydrogens is 401 g/mol. The normalized spacial score (nSPS) is 11.3. The number of sulfonamides is 1. The van der Waals surface area contributed by atoms with Crippen molar-refractivity contribution in [3.8, 4) is 5.75 Å². The summed E-state index contributed by atoms with van der Waals surface area (Å²) in [4.78, 5) is 0.118. The number of nitrogens with one attached hydrogen (secondary N) is 1. The molecule has 0 bridgehead atoms. The molecular formula is C12H9ClINO3S. The van der Waals surface area contributed by atoms with Crippen LogP contribution < -0.4 is 4.72 Å². The second-order valence-electron chi connectivity index (χ2n) is 3.72. The number of anilines is 1. The van der Waals surface area contributed by atoms with E-state index in [2.05, 4.69) is 27.3 Å². The maximum absolute atomic E-state index is 12.1. The maximum Gasteiger partial charge on any atom is 0.262 e. The van der Waals surface area contributed by atoms with Gasteiger partial charge in [0.2, 0.25) is 0 Å². The van der Waals surface area contributed by atoms with Gasteiger partial charge in [-0.3, -0.25) is 4.72 Å². The largest absolute Gasteiger partial charge is 0.506 e. The Kier molecular flexibility index (Phi) is 4.22. The highest BCUT2D eigenvalue weighted by atomic mass is 127. The van der Waals surface area contributed by atoms with Gasteiger partial charge in [0.15, 0.2) is 0 Å². The Balaban J connectivity index is 2.36. The smallest absolute Gasteiger partial charge is 0.262 e. The van der Waals surface area contributed by atoms with Gasteiger partial charge in [-0.25, -0.2) is 8.42 Å². The number of aromatic hydroxyl groups is 1.